The van der Waals surface area contributed by atoms with E-state index < -0.39 is 6.09 Å². The molecule has 1 rings (SSSR count). The van der Waals surface area contributed by atoms with Crippen molar-refractivity contribution < 1.29 is 9.53 Å². The number of hydrogen-bond donors (Lipinski definition) is 1. The predicted octanol–water partition coefficient (Wildman–Crippen LogP) is 2.20. The molecule has 6 heteroatoms. The molecule has 0 aromatic carbocycles. The topological polar surface area (TPSA) is 50.7 Å². The first-order valence-electron chi connectivity index (χ1n) is 3.34. The predicted molar refractivity (Wildman–Crippen MR) is 55.2 cm³/mol. The van der Waals surface area contributed by atoms with Gasteiger partial charge in [-0.2, -0.15) is 5.10 Å². The minimum atomic E-state index is -0.577. The number of amides is 1. The van der Waals surface area contributed by atoms with E-state index in [4.69, 9.17) is 0 Å². The summed E-state index contributed by atoms with van der Waals surface area (Å²) in [5, 5.41) is 3.67. The highest BCUT2D eigenvalue weighted by molar-refractivity contribution is 9.11. The zero-order valence-corrected chi connectivity index (χ0v) is 9.18. The van der Waals surface area contributed by atoms with E-state index in [1.165, 1.54) is 18.4 Å². The molecule has 0 bridgehead atoms. The molecule has 1 heterocycles. The molecule has 1 aromatic heterocycles. The van der Waals surface area contributed by atoms with E-state index in [1.807, 2.05) is 12.1 Å². The number of ether oxygens (including phenoxy) is 1. The van der Waals surface area contributed by atoms with Gasteiger partial charge in [-0.25, -0.2) is 10.2 Å². The summed E-state index contributed by atoms with van der Waals surface area (Å²) in [6, 6.07) is 3.79. The highest BCUT2D eigenvalue weighted by Crippen LogP contribution is 2.20. The maximum atomic E-state index is 10.6. The van der Waals surface area contributed by atoms with Gasteiger partial charge in [-0.15, -0.1) is 11.3 Å². The summed E-state index contributed by atoms with van der Waals surface area (Å²) < 4.78 is 5.34. The van der Waals surface area contributed by atoms with Gasteiger partial charge in [0.1, 0.15) is 0 Å². The van der Waals surface area contributed by atoms with E-state index >= 15 is 0 Å². The first-order chi connectivity index (χ1) is 6.22. The fraction of sp³-hybridized carbons (Fsp3) is 0.143. The number of nitrogens with one attached hydrogen (secondary N) is 1. The Labute approximate surface area is 87.7 Å². The molecule has 70 valence electrons. The number of hydrazone groups is 1. The second-order valence-corrected chi connectivity index (χ2v) is 4.50. The lowest BCUT2D eigenvalue weighted by molar-refractivity contribution is 0.171. The lowest BCUT2D eigenvalue weighted by Gasteiger charge is -1.93. The molecule has 0 aliphatic rings. The van der Waals surface area contributed by atoms with Crippen LogP contribution in [0.25, 0.3) is 0 Å². The van der Waals surface area contributed by atoms with Gasteiger partial charge in [0, 0.05) is 4.88 Å². The van der Waals surface area contributed by atoms with Gasteiger partial charge in [-0.3, -0.25) is 0 Å². The van der Waals surface area contributed by atoms with Crippen molar-refractivity contribution in [2.45, 2.75) is 0 Å². The fourth-order valence-electron chi connectivity index (χ4n) is 0.592. The minimum Gasteiger partial charge on any atom is -0.452 e. The Morgan fingerprint density at radius 1 is 1.77 bits per heavy atom. The van der Waals surface area contributed by atoms with Crippen LogP contribution in [-0.4, -0.2) is 19.4 Å². The summed E-state index contributed by atoms with van der Waals surface area (Å²) in [6.45, 7) is 0. The lowest BCUT2D eigenvalue weighted by Crippen LogP contribution is -2.16. The lowest BCUT2D eigenvalue weighted by atomic mass is 10.5. The van der Waals surface area contributed by atoms with Crippen LogP contribution >= 0.6 is 27.3 Å². The number of rotatable bonds is 2. The smallest absolute Gasteiger partial charge is 0.427 e. The number of methoxy groups -OCH3 is 1. The summed E-state index contributed by atoms with van der Waals surface area (Å²) in [4.78, 5) is 11.5. The van der Waals surface area contributed by atoms with Crippen LogP contribution in [0.5, 0.6) is 0 Å². The summed E-state index contributed by atoms with van der Waals surface area (Å²) in [7, 11) is 1.28. The average Bonchev–Trinajstić information content (AvgIpc) is 2.51. The largest absolute Gasteiger partial charge is 0.452 e. The number of hydrogen-bond acceptors (Lipinski definition) is 4. The van der Waals surface area contributed by atoms with E-state index in [1.54, 1.807) is 6.21 Å². The van der Waals surface area contributed by atoms with Crippen molar-refractivity contribution in [3.05, 3.63) is 20.8 Å². The fourth-order valence-corrected chi connectivity index (χ4v) is 1.89. The monoisotopic (exact) mass is 262 g/mol. The first-order valence-corrected chi connectivity index (χ1v) is 4.95. The number of halogens is 1. The highest BCUT2D eigenvalue weighted by atomic mass is 79.9. The van der Waals surface area contributed by atoms with E-state index in [2.05, 4.69) is 31.2 Å². The van der Waals surface area contributed by atoms with E-state index in [-0.39, 0.29) is 0 Å². The summed E-state index contributed by atoms with van der Waals surface area (Å²) in [5.74, 6) is 0. The van der Waals surface area contributed by atoms with Crippen LogP contribution < -0.4 is 5.43 Å². The van der Waals surface area contributed by atoms with Gasteiger partial charge in [0.25, 0.3) is 0 Å². The molecular formula is C7H7BrN2O2S. The molecule has 1 amide bonds. The molecule has 13 heavy (non-hydrogen) atoms. The van der Waals surface area contributed by atoms with Crippen LogP contribution in [0.1, 0.15) is 4.88 Å². The SMILES string of the molecule is COC(=O)NN=Cc1ccc(Br)s1. The average molecular weight is 263 g/mol. The van der Waals surface area contributed by atoms with Crippen LogP contribution in [0.4, 0.5) is 4.79 Å². The third-order valence-corrected chi connectivity index (χ3v) is 2.69. The van der Waals surface area contributed by atoms with Gasteiger partial charge >= 0.3 is 6.09 Å². The minimum absolute atomic E-state index is 0.577. The third-order valence-electron chi connectivity index (χ3n) is 1.13. The van der Waals surface area contributed by atoms with Crippen LogP contribution in [0.2, 0.25) is 0 Å². The second-order valence-electron chi connectivity index (χ2n) is 2.00. The Morgan fingerprint density at radius 3 is 3.08 bits per heavy atom. The summed E-state index contributed by atoms with van der Waals surface area (Å²) in [6.07, 6.45) is 0.971. The number of thiophene rings is 1. The first kappa shape index (κ1) is 10.2. The standard InChI is InChI=1S/C7H7BrN2O2S/c1-12-7(11)10-9-4-5-2-3-6(8)13-5/h2-4H,1H3,(H,10,11). The van der Waals surface area contributed by atoms with Crippen molar-refractivity contribution in [3.63, 3.8) is 0 Å². The van der Waals surface area contributed by atoms with E-state index in [0.717, 1.165) is 8.66 Å². The molecule has 0 radical (unpaired) electrons. The molecule has 1 N–H and O–H groups in total. The van der Waals surface area contributed by atoms with Gasteiger partial charge in [-0.1, -0.05) is 0 Å². The molecule has 0 spiro atoms. The number of nitrogens with zero attached hydrogens (tertiary/aromatic N) is 1. The second kappa shape index (κ2) is 4.98. The molecule has 0 fully saturated rings. The Bertz CT molecular complexity index is 324. The molecule has 0 saturated carbocycles. The van der Waals surface area contributed by atoms with Crippen molar-refractivity contribution in [3.8, 4) is 0 Å². The molecule has 0 saturated heterocycles. The quantitative estimate of drug-likeness (QED) is 0.656. The van der Waals surface area contributed by atoms with Gasteiger partial charge < -0.3 is 4.74 Å². The van der Waals surface area contributed by atoms with Crippen LogP contribution in [0.15, 0.2) is 21.0 Å². The van der Waals surface area contributed by atoms with Crippen molar-refractivity contribution in [2.24, 2.45) is 5.10 Å². The zero-order valence-electron chi connectivity index (χ0n) is 6.78. The van der Waals surface area contributed by atoms with E-state index in [9.17, 15) is 4.79 Å². The molecule has 4 nitrogen and oxygen atoms in total. The molecule has 1 aromatic rings. The van der Waals surface area contributed by atoms with Crippen molar-refractivity contribution in [2.75, 3.05) is 7.11 Å². The van der Waals surface area contributed by atoms with Crippen LogP contribution in [-0.2, 0) is 4.74 Å². The van der Waals surface area contributed by atoms with Gasteiger partial charge in [0.15, 0.2) is 0 Å². The maximum absolute atomic E-state index is 10.6. The van der Waals surface area contributed by atoms with Crippen LogP contribution in [0, 0.1) is 0 Å². The van der Waals surface area contributed by atoms with Gasteiger partial charge in [0.2, 0.25) is 0 Å². The summed E-state index contributed by atoms with van der Waals surface area (Å²) >= 11 is 4.83. The number of carbonyl (C=O) groups is 1. The third kappa shape index (κ3) is 3.56. The summed E-state index contributed by atoms with van der Waals surface area (Å²) in [5.41, 5.74) is 2.19. The molecule has 0 atom stereocenters. The van der Waals surface area contributed by atoms with Gasteiger partial charge in [0.05, 0.1) is 17.1 Å². The zero-order chi connectivity index (χ0) is 9.68. The van der Waals surface area contributed by atoms with Crippen LogP contribution in [0.3, 0.4) is 0 Å². The van der Waals surface area contributed by atoms with Crippen molar-refractivity contribution in [1.29, 1.82) is 0 Å². The Hall–Kier alpha value is -0.880. The Kier molecular flexibility index (Phi) is 3.91. The Morgan fingerprint density at radius 2 is 2.54 bits per heavy atom. The van der Waals surface area contributed by atoms with Crippen molar-refractivity contribution >= 4 is 39.6 Å². The molecule has 0 aliphatic heterocycles. The highest BCUT2D eigenvalue weighted by Gasteiger charge is 1.95. The molecule has 0 aliphatic carbocycles. The number of carbonyl (C=O) groups excluding carboxylic acids is 1. The van der Waals surface area contributed by atoms with Crippen molar-refractivity contribution in [1.82, 2.24) is 5.43 Å². The molecular weight excluding hydrogens is 256 g/mol. The maximum Gasteiger partial charge on any atom is 0.427 e. The Balaban J connectivity index is 2.45. The normalized spacial score (nSPS) is 10.3. The van der Waals surface area contributed by atoms with E-state index in [0.29, 0.717) is 0 Å². The molecule has 0 unspecified atom stereocenters. The van der Waals surface area contributed by atoms with Gasteiger partial charge in [-0.05, 0) is 28.1 Å².